The van der Waals surface area contributed by atoms with E-state index < -0.39 is 18.0 Å². The summed E-state index contributed by atoms with van der Waals surface area (Å²) >= 11 is 1.27. The second-order valence-electron chi connectivity index (χ2n) is 9.63. The normalized spacial score (nSPS) is 11.6. The van der Waals surface area contributed by atoms with Gasteiger partial charge in [-0.05, 0) is 37.3 Å². The highest BCUT2D eigenvalue weighted by atomic mass is 32.1. The molecule has 9 heteroatoms. The molecule has 212 valence electrons. The molecule has 8 nitrogen and oxygen atoms in total. The highest BCUT2D eigenvalue weighted by molar-refractivity contribution is 7.14. The largest absolute Gasteiger partial charge is 0.496 e. The molecule has 0 saturated heterocycles. The number of rotatable bonds is 8. The van der Waals surface area contributed by atoms with Crippen LogP contribution in [0.3, 0.4) is 0 Å². The van der Waals surface area contributed by atoms with Crippen molar-refractivity contribution < 1.29 is 19.1 Å². The molecular formula is C34H26N4O4S. The summed E-state index contributed by atoms with van der Waals surface area (Å²) in [6, 6.07) is 32.1. The van der Waals surface area contributed by atoms with E-state index in [4.69, 9.17) is 19.4 Å². The van der Waals surface area contributed by atoms with Gasteiger partial charge in [-0.25, -0.2) is 19.7 Å². The molecule has 43 heavy (non-hydrogen) atoms. The standard InChI is InChI=1S/C34H26N4O4S/c1-21(32(39)38-34-37-28(20-43-34)25-15-9-10-16-29(25)41-2)42-33(40)24-17-18-26-27(19-24)36-31(23-13-7-4-8-14-23)30(35-26)22-11-5-3-6-12-22/h3-21H,1-2H3,(H,37,38,39). The quantitative estimate of drug-likeness (QED) is 0.187. The number of para-hydroxylation sites is 1. The lowest BCUT2D eigenvalue weighted by atomic mass is 10.0. The molecule has 2 heterocycles. The minimum Gasteiger partial charge on any atom is -0.496 e. The number of esters is 1. The Labute approximate surface area is 252 Å². The average molecular weight is 587 g/mol. The van der Waals surface area contributed by atoms with E-state index in [0.29, 0.717) is 33.3 Å². The lowest BCUT2D eigenvalue weighted by Gasteiger charge is -2.13. The molecule has 4 aromatic carbocycles. The Hall–Kier alpha value is -5.41. The molecule has 6 aromatic rings. The van der Waals surface area contributed by atoms with Crippen LogP contribution in [-0.2, 0) is 9.53 Å². The number of nitrogens with zero attached hydrogens (tertiary/aromatic N) is 3. The van der Waals surface area contributed by atoms with Gasteiger partial charge in [-0.15, -0.1) is 11.3 Å². The van der Waals surface area contributed by atoms with E-state index in [1.54, 1.807) is 25.3 Å². The molecule has 0 fully saturated rings. The topological polar surface area (TPSA) is 103 Å². The van der Waals surface area contributed by atoms with E-state index in [9.17, 15) is 9.59 Å². The number of carbonyl (C=O) groups is 2. The Morgan fingerprint density at radius 1 is 0.767 bits per heavy atom. The lowest BCUT2D eigenvalue weighted by Crippen LogP contribution is -2.30. The smallest absolute Gasteiger partial charge is 0.338 e. The summed E-state index contributed by atoms with van der Waals surface area (Å²) < 4.78 is 10.9. The first kappa shape index (κ1) is 27.7. The number of thiazole rings is 1. The molecule has 1 unspecified atom stereocenters. The average Bonchev–Trinajstić information content (AvgIpc) is 3.52. The highest BCUT2D eigenvalue weighted by Crippen LogP contribution is 2.33. The van der Waals surface area contributed by atoms with Gasteiger partial charge < -0.3 is 9.47 Å². The second kappa shape index (κ2) is 12.2. The van der Waals surface area contributed by atoms with E-state index in [0.717, 1.165) is 22.4 Å². The number of aromatic nitrogens is 3. The molecule has 2 aromatic heterocycles. The van der Waals surface area contributed by atoms with Gasteiger partial charge in [-0.1, -0.05) is 72.8 Å². The third-order valence-electron chi connectivity index (χ3n) is 6.76. The molecule has 0 aliphatic rings. The van der Waals surface area contributed by atoms with E-state index in [-0.39, 0.29) is 5.56 Å². The van der Waals surface area contributed by atoms with Crippen molar-refractivity contribution in [3.05, 3.63) is 114 Å². The zero-order valence-corrected chi connectivity index (χ0v) is 24.2. The fourth-order valence-electron chi connectivity index (χ4n) is 4.58. The van der Waals surface area contributed by atoms with Crippen molar-refractivity contribution in [3.8, 4) is 39.5 Å². The van der Waals surface area contributed by atoms with Gasteiger partial charge in [0.15, 0.2) is 11.2 Å². The number of ether oxygens (including phenoxy) is 2. The van der Waals surface area contributed by atoms with Crippen molar-refractivity contribution in [2.75, 3.05) is 12.4 Å². The molecule has 1 atom stereocenters. The van der Waals surface area contributed by atoms with Crippen LogP contribution in [0.5, 0.6) is 5.75 Å². The highest BCUT2D eigenvalue weighted by Gasteiger charge is 2.22. The first-order valence-corrected chi connectivity index (χ1v) is 14.4. The summed E-state index contributed by atoms with van der Waals surface area (Å²) in [5, 5.41) is 4.94. The number of hydrogen-bond donors (Lipinski definition) is 1. The summed E-state index contributed by atoms with van der Waals surface area (Å²) in [6.07, 6.45) is -1.06. The molecule has 1 amide bonds. The first-order chi connectivity index (χ1) is 21.0. The minimum absolute atomic E-state index is 0.264. The van der Waals surface area contributed by atoms with Crippen LogP contribution < -0.4 is 10.1 Å². The molecule has 0 saturated carbocycles. The molecule has 0 aliphatic carbocycles. The molecular weight excluding hydrogens is 560 g/mol. The van der Waals surface area contributed by atoms with Crippen LogP contribution in [0, 0.1) is 0 Å². The zero-order chi connectivity index (χ0) is 29.8. The maximum atomic E-state index is 13.1. The van der Waals surface area contributed by atoms with Gasteiger partial charge in [0.2, 0.25) is 0 Å². The van der Waals surface area contributed by atoms with Gasteiger partial charge in [0.1, 0.15) is 5.75 Å². The predicted molar refractivity (Wildman–Crippen MR) is 168 cm³/mol. The Kier molecular flexibility index (Phi) is 7.88. The van der Waals surface area contributed by atoms with Crippen molar-refractivity contribution in [1.29, 1.82) is 0 Å². The summed E-state index contributed by atoms with van der Waals surface area (Å²) in [4.78, 5) is 40.3. The molecule has 0 bridgehead atoms. The fraction of sp³-hybridized carbons (Fsp3) is 0.0882. The Balaban J connectivity index is 1.20. The third-order valence-corrected chi connectivity index (χ3v) is 7.52. The van der Waals surface area contributed by atoms with Crippen molar-refractivity contribution in [1.82, 2.24) is 15.0 Å². The van der Waals surface area contributed by atoms with Gasteiger partial charge in [0.05, 0.1) is 40.8 Å². The SMILES string of the molecule is COc1ccccc1-c1csc(NC(=O)C(C)OC(=O)c2ccc3nc(-c4ccccc4)c(-c4ccccc4)nc3c2)n1. The maximum absolute atomic E-state index is 13.1. The summed E-state index contributed by atoms with van der Waals surface area (Å²) in [5.41, 5.74) is 6.22. The maximum Gasteiger partial charge on any atom is 0.338 e. The Morgan fingerprint density at radius 3 is 2.07 bits per heavy atom. The molecule has 0 aliphatic heterocycles. The monoisotopic (exact) mass is 586 g/mol. The second-order valence-corrected chi connectivity index (χ2v) is 10.5. The van der Waals surface area contributed by atoms with Gasteiger partial charge >= 0.3 is 5.97 Å². The number of anilines is 1. The first-order valence-electron chi connectivity index (χ1n) is 13.5. The number of benzene rings is 4. The van der Waals surface area contributed by atoms with E-state index in [1.165, 1.54) is 18.3 Å². The number of methoxy groups -OCH3 is 1. The van der Waals surface area contributed by atoms with Crippen molar-refractivity contribution in [2.45, 2.75) is 13.0 Å². The lowest BCUT2D eigenvalue weighted by molar-refractivity contribution is -0.123. The Morgan fingerprint density at radius 2 is 1.40 bits per heavy atom. The van der Waals surface area contributed by atoms with Crippen LogP contribution in [0.2, 0.25) is 0 Å². The van der Waals surface area contributed by atoms with Crippen LogP contribution in [0.1, 0.15) is 17.3 Å². The fourth-order valence-corrected chi connectivity index (χ4v) is 5.29. The number of carbonyl (C=O) groups excluding carboxylic acids is 2. The number of hydrogen-bond acceptors (Lipinski definition) is 8. The van der Waals surface area contributed by atoms with Crippen LogP contribution in [-0.4, -0.2) is 40.0 Å². The van der Waals surface area contributed by atoms with E-state index in [1.807, 2.05) is 90.3 Å². The molecule has 6 rings (SSSR count). The number of amides is 1. The van der Waals surface area contributed by atoms with Crippen LogP contribution in [0.25, 0.3) is 44.8 Å². The van der Waals surface area contributed by atoms with Crippen LogP contribution in [0.15, 0.2) is 109 Å². The molecule has 0 spiro atoms. The molecule has 0 radical (unpaired) electrons. The summed E-state index contributed by atoms with van der Waals surface area (Å²) in [5.74, 6) is -0.456. The van der Waals surface area contributed by atoms with Crippen LogP contribution >= 0.6 is 11.3 Å². The van der Waals surface area contributed by atoms with Crippen LogP contribution in [0.4, 0.5) is 5.13 Å². The van der Waals surface area contributed by atoms with Gasteiger partial charge in [0.25, 0.3) is 5.91 Å². The van der Waals surface area contributed by atoms with Gasteiger partial charge in [0, 0.05) is 22.1 Å². The summed E-state index contributed by atoms with van der Waals surface area (Å²) in [6.45, 7) is 1.52. The van der Waals surface area contributed by atoms with Gasteiger partial charge in [-0.2, -0.15) is 0 Å². The van der Waals surface area contributed by atoms with E-state index >= 15 is 0 Å². The predicted octanol–water partition coefficient (Wildman–Crippen LogP) is 7.28. The van der Waals surface area contributed by atoms with Gasteiger partial charge in [-0.3, -0.25) is 10.1 Å². The van der Waals surface area contributed by atoms with Crippen molar-refractivity contribution >= 4 is 39.4 Å². The van der Waals surface area contributed by atoms with Crippen molar-refractivity contribution in [3.63, 3.8) is 0 Å². The number of fused-ring (bicyclic) bond motifs is 1. The Bertz CT molecular complexity index is 1930. The minimum atomic E-state index is -1.06. The van der Waals surface area contributed by atoms with E-state index in [2.05, 4.69) is 10.3 Å². The third kappa shape index (κ3) is 5.98. The number of nitrogens with one attached hydrogen (secondary N) is 1. The summed E-state index contributed by atoms with van der Waals surface area (Å²) in [7, 11) is 1.59. The molecule has 1 N–H and O–H groups in total. The zero-order valence-electron chi connectivity index (χ0n) is 23.4. The van der Waals surface area contributed by atoms with Crippen molar-refractivity contribution in [2.24, 2.45) is 0 Å².